The van der Waals surface area contributed by atoms with Gasteiger partial charge in [-0.3, -0.25) is 0 Å². The fourth-order valence-electron chi connectivity index (χ4n) is 3.89. The summed E-state index contributed by atoms with van der Waals surface area (Å²) in [6.45, 7) is 6.82. The minimum Gasteiger partial charge on any atom is -0.342 e. The second-order valence-corrected chi connectivity index (χ2v) is 6.35. The summed E-state index contributed by atoms with van der Waals surface area (Å²) in [5, 5.41) is 5.22. The number of benzene rings is 1. The molecule has 0 fully saturated rings. The van der Waals surface area contributed by atoms with Gasteiger partial charge in [0.15, 0.2) is 0 Å². The summed E-state index contributed by atoms with van der Waals surface area (Å²) in [4.78, 5) is 0. The van der Waals surface area contributed by atoms with E-state index in [4.69, 9.17) is 0 Å². The summed E-state index contributed by atoms with van der Waals surface area (Å²) in [6, 6.07) is 7.72. The Kier molecular flexibility index (Phi) is 3.55. The van der Waals surface area contributed by atoms with E-state index in [9.17, 15) is 0 Å². The molecular weight excluding hydrogens is 268 g/mol. The Labute approximate surface area is 127 Å². The Morgan fingerprint density at radius 1 is 1.30 bits per heavy atom. The molecule has 4 rings (SSSR count). The highest BCUT2D eigenvalue weighted by molar-refractivity contribution is 5.87. The highest BCUT2D eigenvalue weighted by Crippen LogP contribution is 2.39. The molecular formula is C17H23ClN2. The highest BCUT2D eigenvalue weighted by Gasteiger charge is 2.29. The topological polar surface area (TPSA) is 17.0 Å². The van der Waals surface area contributed by atoms with Crippen LogP contribution in [0.2, 0.25) is 0 Å². The van der Waals surface area contributed by atoms with Crippen molar-refractivity contribution in [2.24, 2.45) is 0 Å². The van der Waals surface area contributed by atoms with Crippen LogP contribution in [-0.4, -0.2) is 11.1 Å². The summed E-state index contributed by atoms with van der Waals surface area (Å²) < 4.78 is 2.58. The van der Waals surface area contributed by atoms with Gasteiger partial charge in [-0.2, -0.15) is 0 Å². The second-order valence-electron chi connectivity index (χ2n) is 6.35. The molecule has 1 aromatic heterocycles. The lowest BCUT2D eigenvalue weighted by Crippen LogP contribution is -2.35. The number of rotatable bonds is 1. The fraction of sp³-hybridized carbons (Fsp3) is 0.529. The monoisotopic (exact) mass is 290 g/mol. The van der Waals surface area contributed by atoms with Crippen molar-refractivity contribution in [2.45, 2.75) is 51.6 Å². The van der Waals surface area contributed by atoms with Gasteiger partial charge in [-0.25, -0.2) is 0 Å². The normalized spacial score (nSPS) is 20.9. The first-order valence-corrected chi connectivity index (χ1v) is 7.64. The lowest BCUT2D eigenvalue weighted by molar-refractivity contribution is 0.384. The van der Waals surface area contributed by atoms with Gasteiger partial charge in [0.1, 0.15) is 0 Å². The number of hydrogen-bond donors (Lipinski definition) is 1. The molecule has 0 saturated carbocycles. The molecule has 0 spiro atoms. The predicted molar refractivity (Wildman–Crippen MR) is 87.0 cm³/mol. The molecule has 2 aliphatic rings. The van der Waals surface area contributed by atoms with Crippen LogP contribution in [0.25, 0.3) is 10.9 Å². The lowest BCUT2D eigenvalue weighted by atomic mass is 9.90. The lowest BCUT2D eigenvalue weighted by Gasteiger charge is -2.31. The van der Waals surface area contributed by atoms with Crippen molar-refractivity contribution in [1.82, 2.24) is 9.88 Å². The van der Waals surface area contributed by atoms with Crippen molar-refractivity contribution in [3.05, 3.63) is 35.0 Å². The molecule has 2 nitrogen and oxygen atoms in total. The average molecular weight is 291 g/mol. The molecule has 2 aromatic rings. The molecule has 1 atom stereocenters. The number of nitrogens with zero attached hydrogens (tertiary/aromatic N) is 1. The minimum absolute atomic E-state index is 0. The van der Waals surface area contributed by atoms with Crippen molar-refractivity contribution in [3.63, 3.8) is 0 Å². The first-order valence-electron chi connectivity index (χ1n) is 7.64. The van der Waals surface area contributed by atoms with E-state index in [0.717, 1.165) is 13.1 Å². The Morgan fingerprint density at radius 2 is 2.15 bits per heavy atom. The van der Waals surface area contributed by atoms with Crippen LogP contribution < -0.4 is 5.32 Å². The first-order chi connectivity index (χ1) is 9.25. The van der Waals surface area contributed by atoms with Gasteiger partial charge in [-0.05, 0) is 48.4 Å². The maximum absolute atomic E-state index is 3.69. The van der Waals surface area contributed by atoms with Crippen molar-refractivity contribution in [2.75, 3.05) is 6.54 Å². The third-order valence-electron chi connectivity index (χ3n) is 4.88. The van der Waals surface area contributed by atoms with Crippen LogP contribution in [-0.2, 0) is 13.0 Å². The van der Waals surface area contributed by atoms with E-state index in [1.807, 2.05) is 0 Å². The molecule has 3 heteroatoms. The Hall–Kier alpha value is -0.990. The summed E-state index contributed by atoms with van der Waals surface area (Å²) in [5.41, 5.74) is 6.15. The molecule has 20 heavy (non-hydrogen) atoms. The molecule has 0 amide bonds. The van der Waals surface area contributed by atoms with Crippen molar-refractivity contribution >= 4 is 23.3 Å². The number of hydrogen-bond acceptors (Lipinski definition) is 1. The number of aryl methyl sites for hydroxylation is 1. The standard InChI is InChI=1S/C17H22N2.ClH/c1-11(2)12-6-7-16-14(10-12)13-4-3-5-15-17(13)19(16)9-8-18-15;/h6-7,10-11,15,18H,3-5,8-9H2,1-2H3;1H. The maximum atomic E-state index is 3.69. The third-order valence-corrected chi connectivity index (χ3v) is 4.88. The predicted octanol–water partition coefficient (Wildman–Crippen LogP) is 4.17. The largest absolute Gasteiger partial charge is 0.342 e. The Balaban J connectivity index is 0.00000121. The fourth-order valence-corrected chi connectivity index (χ4v) is 3.89. The SMILES string of the molecule is CC(C)c1ccc2c(c1)c1c3n2CCNC3CCC1.Cl. The van der Waals surface area contributed by atoms with Gasteiger partial charge in [0.2, 0.25) is 0 Å². The van der Waals surface area contributed by atoms with Gasteiger partial charge in [0.25, 0.3) is 0 Å². The van der Waals surface area contributed by atoms with Crippen molar-refractivity contribution in [3.8, 4) is 0 Å². The molecule has 1 aliphatic carbocycles. The average Bonchev–Trinajstić information content (AvgIpc) is 2.76. The number of aromatic nitrogens is 1. The molecule has 0 radical (unpaired) electrons. The summed E-state index contributed by atoms with van der Waals surface area (Å²) >= 11 is 0. The van der Waals surface area contributed by atoms with E-state index in [1.165, 1.54) is 35.7 Å². The molecule has 1 N–H and O–H groups in total. The molecule has 0 saturated heterocycles. The molecule has 1 unspecified atom stereocenters. The van der Waals surface area contributed by atoms with Crippen LogP contribution >= 0.6 is 12.4 Å². The summed E-state index contributed by atoms with van der Waals surface area (Å²) in [5.74, 6) is 0.617. The van der Waals surface area contributed by atoms with Crippen molar-refractivity contribution < 1.29 is 0 Å². The van der Waals surface area contributed by atoms with Crippen LogP contribution in [0.5, 0.6) is 0 Å². The minimum atomic E-state index is 0. The van der Waals surface area contributed by atoms with E-state index >= 15 is 0 Å². The zero-order valence-electron chi connectivity index (χ0n) is 12.3. The third kappa shape index (κ3) is 1.89. The summed E-state index contributed by atoms with van der Waals surface area (Å²) in [6.07, 6.45) is 3.90. The molecule has 0 bridgehead atoms. The van der Waals surface area contributed by atoms with Crippen LogP contribution in [0.4, 0.5) is 0 Å². The highest BCUT2D eigenvalue weighted by atomic mass is 35.5. The molecule has 1 aromatic carbocycles. The van der Waals surface area contributed by atoms with Gasteiger partial charge in [0.05, 0.1) is 0 Å². The van der Waals surface area contributed by atoms with Crippen molar-refractivity contribution in [1.29, 1.82) is 0 Å². The number of nitrogens with one attached hydrogen (secondary N) is 1. The van der Waals surface area contributed by atoms with E-state index < -0.39 is 0 Å². The first kappa shape index (κ1) is 14.0. The zero-order valence-corrected chi connectivity index (χ0v) is 13.1. The van der Waals surface area contributed by atoms with Gasteiger partial charge >= 0.3 is 0 Å². The number of halogens is 1. The smallest absolute Gasteiger partial charge is 0.0486 e. The quantitative estimate of drug-likeness (QED) is 0.834. The van der Waals surface area contributed by atoms with E-state index in [0.29, 0.717) is 12.0 Å². The van der Waals surface area contributed by atoms with E-state index in [1.54, 1.807) is 11.3 Å². The van der Waals surface area contributed by atoms with Crippen LogP contribution in [0.1, 0.15) is 55.5 Å². The summed E-state index contributed by atoms with van der Waals surface area (Å²) in [7, 11) is 0. The molecule has 1 aliphatic heterocycles. The van der Waals surface area contributed by atoms with Crippen LogP contribution in [0.3, 0.4) is 0 Å². The second kappa shape index (κ2) is 5.09. The van der Waals surface area contributed by atoms with Crippen LogP contribution in [0.15, 0.2) is 18.2 Å². The maximum Gasteiger partial charge on any atom is 0.0486 e. The van der Waals surface area contributed by atoms with Gasteiger partial charge in [-0.1, -0.05) is 19.9 Å². The zero-order chi connectivity index (χ0) is 13.0. The van der Waals surface area contributed by atoms with E-state index in [-0.39, 0.29) is 12.4 Å². The van der Waals surface area contributed by atoms with E-state index in [2.05, 4.69) is 41.9 Å². The van der Waals surface area contributed by atoms with Crippen LogP contribution in [0, 0.1) is 0 Å². The van der Waals surface area contributed by atoms with Gasteiger partial charge < -0.3 is 9.88 Å². The molecule has 108 valence electrons. The van der Waals surface area contributed by atoms with Gasteiger partial charge in [0, 0.05) is 35.7 Å². The van der Waals surface area contributed by atoms with Gasteiger partial charge in [-0.15, -0.1) is 12.4 Å². The molecule has 2 heterocycles. The Bertz CT molecular complexity index is 640. The Morgan fingerprint density at radius 3 is 2.95 bits per heavy atom. The number of fused-ring (bicyclic) bond motifs is 3.